The number of aliphatic hydroxyl groups excluding tert-OH is 1. The van der Waals surface area contributed by atoms with Gasteiger partial charge in [-0.15, -0.1) is 11.3 Å². The molecule has 260 valence electrons. The van der Waals surface area contributed by atoms with Crippen LogP contribution in [0.4, 0.5) is 17.1 Å². The lowest BCUT2D eigenvalue weighted by Gasteiger charge is -2.36. The molecule has 4 aromatic carbocycles. The molecule has 3 atom stereocenters. The van der Waals surface area contributed by atoms with Gasteiger partial charge in [0, 0.05) is 36.3 Å². The van der Waals surface area contributed by atoms with Crippen LogP contribution in [-0.2, 0) is 25.7 Å². The van der Waals surface area contributed by atoms with E-state index < -0.39 is 6.29 Å². The molecule has 11 heteroatoms. The number of carbonyl (C=O) groups is 2. The molecular formula is C39H42N4O5S2. The van der Waals surface area contributed by atoms with Gasteiger partial charge in [0.25, 0.3) is 0 Å². The SMILES string of the molecule is Nc1ccccc1NC(=O)CCCCCCC(=O)Nc1cccc([C@@H]2O[C@H](CSc3nc4ccccc4s3)C[C@H](c3ccc(CO)cc3)O2)c1. The van der Waals surface area contributed by atoms with Crippen molar-refractivity contribution < 1.29 is 24.2 Å². The van der Waals surface area contributed by atoms with Crippen molar-refractivity contribution in [3.05, 3.63) is 114 Å². The van der Waals surface area contributed by atoms with Gasteiger partial charge in [0.05, 0.1) is 40.4 Å². The first-order chi connectivity index (χ1) is 24.4. The van der Waals surface area contributed by atoms with Crippen LogP contribution in [0.1, 0.15) is 74.0 Å². The average Bonchev–Trinajstić information content (AvgIpc) is 3.56. The lowest BCUT2D eigenvalue weighted by atomic mass is 10.0. The second kappa shape index (κ2) is 17.6. The fourth-order valence-corrected chi connectivity index (χ4v) is 7.95. The van der Waals surface area contributed by atoms with Crippen LogP contribution in [0.3, 0.4) is 0 Å². The number of aromatic nitrogens is 1. The van der Waals surface area contributed by atoms with Gasteiger partial charge in [0.1, 0.15) is 0 Å². The van der Waals surface area contributed by atoms with E-state index in [1.165, 1.54) is 0 Å². The summed E-state index contributed by atoms with van der Waals surface area (Å²) in [6.45, 7) is -0.0122. The summed E-state index contributed by atoms with van der Waals surface area (Å²) in [5.41, 5.74) is 11.5. The molecule has 0 bridgehead atoms. The van der Waals surface area contributed by atoms with Crippen LogP contribution < -0.4 is 16.4 Å². The number of para-hydroxylation sites is 3. The third kappa shape index (κ3) is 9.92. The summed E-state index contributed by atoms with van der Waals surface area (Å²) in [7, 11) is 0. The minimum atomic E-state index is -0.625. The van der Waals surface area contributed by atoms with Crippen LogP contribution in [0.2, 0.25) is 0 Å². The van der Waals surface area contributed by atoms with Crippen LogP contribution in [0.25, 0.3) is 10.2 Å². The predicted molar refractivity (Wildman–Crippen MR) is 201 cm³/mol. The first kappa shape index (κ1) is 35.6. The summed E-state index contributed by atoms with van der Waals surface area (Å²) in [4.78, 5) is 29.9. The Bertz CT molecular complexity index is 1850. The topological polar surface area (TPSA) is 136 Å². The van der Waals surface area contributed by atoms with E-state index in [0.717, 1.165) is 56.9 Å². The lowest BCUT2D eigenvalue weighted by Crippen LogP contribution is -2.31. The molecule has 5 N–H and O–H groups in total. The van der Waals surface area contributed by atoms with Gasteiger partial charge in [0.2, 0.25) is 11.8 Å². The third-order valence-electron chi connectivity index (χ3n) is 8.52. The van der Waals surface area contributed by atoms with Crippen LogP contribution in [-0.4, -0.2) is 33.8 Å². The molecule has 9 nitrogen and oxygen atoms in total. The highest BCUT2D eigenvalue weighted by Gasteiger charge is 2.32. The Kier molecular flexibility index (Phi) is 12.5. The Balaban J connectivity index is 1.01. The number of nitrogen functional groups attached to an aromatic ring is 1. The highest BCUT2D eigenvalue weighted by molar-refractivity contribution is 8.01. The number of amides is 2. The van der Waals surface area contributed by atoms with E-state index in [0.29, 0.717) is 42.1 Å². The number of benzene rings is 4. The Hall–Kier alpha value is -4.26. The van der Waals surface area contributed by atoms with E-state index in [2.05, 4.69) is 16.7 Å². The summed E-state index contributed by atoms with van der Waals surface area (Å²) < 4.78 is 15.2. The maximum Gasteiger partial charge on any atom is 0.224 e. The lowest BCUT2D eigenvalue weighted by molar-refractivity contribution is -0.245. The average molecular weight is 711 g/mol. The van der Waals surface area contributed by atoms with Crippen molar-refractivity contribution in [2.75, 3.05) is 22.1 Å². The molecule has 0 saturated carbocycles. The van der Waals surface area contributed by atoms with Crippen LogP contribution >= 0.6 is 23.1 Å². The smallest absolute Gasteiger partial charge is 0.224 e. The van der Waals surface area contributed by atoms with Crippen molar-refractivity contribution in [2.24, 2.45) is 0 Å². The number of nitrogens with two attached hydrogens (primary N) is 1. The highest BCUT2D eigenvalue weighted by Crippen LogP contribution is 2.40. The van der Waals surface area contributed by atoms with E-state index in [-0.39, 0.29) is 30.6 Å². The summed E-state index contributed by atoms with van der Waals surface area (Å²) in [6, 6.07) is 30.8. The van der Waals surface area contributed by atoms with E-state index in [4.69, 9.17) is 20.2 Å². The number of thiazole rings is 1. The molecule has 0 aliphatic carbocycles. The number of thioether (sulfide) groups is 1. The zero-order valence-corrected chi connectivity index (χ0v) is 29.4. The summed E-state index contributed by atoms with van der Waals surface area (Å²) in [6.07, 6.45) is 3.75. The van der Waals surface area contributed by atoms with Crippen molar-refractivity contribution >= 4 is 62.2 Å². The van der Waals surface area contributed by atoms with E-state index in [1.54, 1.807) is 35.2 Å². The molecule has 50 heavy (non-hydrogen) atoms. The standard InChI is InChI=1S/C39H42N4O5S2/c40-31-12-5-6-13-32(31)42-37(46)17-4-2-1-3-16-36(45)41-29-11-9-10-28(22-29)38-47-30(23-34(48-38)27-20-18-26(24-44)19-21-27)25-49-39-43-33-14-7-8-15-35(33)50-39/h5-15,18-22,30,34,38,44H,1-4,16-17,23-25,40H2,(H,41,45)(H,42,46)/t30-,34+,38+/m0/s1. The Morgan fingerprint density at radius 1 is 0.840 bits per heavy atom. The second-order valence-corrected chi connectivity index (χ2v) is 14.6. The Morgan fingerprint density at radius 2 is 1.58 bits per heavy atom. The number of unbranched alkanes of at least 4 members (excludes halogenated alkanes) is 3. The van der Waals surface area contributed by atoms with E-state index in [1.807, 2.05) is 78.9 Å². The minimum Gasteiger partial charge on any atom is -0.397 e. The predicted octanol–water partition coefficient (Wildman–Crippen LogP) is 8.63. The molecule has 1 aromatic heterocycles. The van der Waals surface area contributed by atoms with E-state index >= 15 is 0 Å². The van der Waals surface area contributed by atoms with Gasteiger partial charge in [-0.2, -0.15) is 0 Å². The number of nitrogens with one attached hydrogen (secondary N) is 2. The summed E-state index contributed by atoms with van der Waals surface area (Å²) in [5, 5.41) is 15.4. The molecule has 0 spiro atoms. The molecule has 1 saturated heterocycles. The second-order valence-electron chi connectivity index (χ2n) is 12.3. The number of rotatable bonds is 15. The monoisotopic (exact) mass is 710 g/mol. The van der Waals surface area contributed by atoms with Crippen molar-refractivity contribution in [1.82, 2.24) is 4.98 Å². The van der Waals surface area contributed by atoms with Crippen LogP contribution in [0, 0.1) is 0 Å². The Labute approximate surface area is 300 Å². The van der Waals surface area contributed by atoms with Gasteiger partial charge >= 0.3 is 0 Å². The Morgan fingerprint density at radius 3 is 2.34 bits per heavy atom. The first-order valence-electron chi connectivity index (χ1n) is 17.0. The highest BCUT2D eigenvalue weighted by atomic mass is 32.2. The van der Waals surface area contributed by atoms with Gasteiger partial charge in [-0.1, -0.05) is 85.3 Å². The van der Waals surface area contributed by atoms with Crippen molar-refractivity contribution in [1.29, 1.82) is 0 Å². The maximum absolute atomic E-state index is 12.8. The van der Waals surface area contributed by atoms with Crippen LogP contribution in [0.5, 0.6) is 0 Å². The van der Waals surface area contributed by atoms with Gasteiger partial charge in [-0.3, -0.25) is 9.59 Å². The molecule has 5 aromatic rings. The fraction of sp³-hybridized carbons (Fsp3) is 0.308. The van der Waals surface area contributed by atoms with Gasteiger partial charge in [0.15, 0.2) is 10.6 Å². The van der Waals surface area contributed by atoms with Crippen molar-refractivity contribution in [3.63, 3.8) is 0 Å². The normalized spacial score (nSPS) is 17.4. The third-order valence-corrected chi connectivity index (χ3v) is 10.8. The number of aliphatic hydroxyl groups is 1. The number of ether oxygens (including phenoxy) is 2. The number of hydrogen-bond acceptors (Lipinski definition) is 9. The molecule has 1 fully saturated rings. The molecule has 1 aliphatic rings. The molecule has 2 amide bonds. The van der Waals surface area contributed by atoms with Gasteiger partial charge in [-0.05, 0) is 60.4 Å². The molecule has 0 radical (unpaired) electrons. The van der Waals surface area contributed by atoms with Crippen molar-refractivity contribution in [2.45, 2.75) is 74.4 Å². The van der Waals surface area contributed by atoms with Gasteiger partial charge < -0.3 is 30.9 Å². The zero-order chi connectivity index (χ0) is 34.7. The minimum absolute atomic E-state index is 0.0122. The molecule has 2 heterocycles. The van der Waals surface area contributed by atoms with Gasteiger partial charge in [-0.25, -0.2) is 4.98 Å². The van der Waals surface area contributed by atoms with Crippen LogP contribution in [0.15, 0.2) is 101 Å². The quantitative estimate of drug-likeness (QED) is 0.0482. The number of anilines is 3. The molecule has 1 aliphatic heterocycles. The molecule has 6 rings (SSSR count). The summed E-state index contributed by atoms with van der Waals surface area (Å²) >= 11 is 3.38. The molecule has 0 unspecified atom stereocenters. The van der Waals surface area contributed by atoms with Crippen molar-refractivity contribution in [3.8, 4) is 0 Å². The fourth-order valence-electron chi connectivity index (χ4n) is 5.83. The van der Waals surface area contributed by atoms with E-state index in [9.17, 15) is 14.7 Å². The first-order valence-corrected chi connectivity index (χ1v) is 18.8. The number of hydrogen-bond donors (Lipinski definition) is 4. The summed E-state index contributed by atoms with van der Waals surface area (Å²) in [5.74, 6) is 0.598. The number of nitrogens with zero attached hydrogens (tertiary/aromatic N) is 1. The number of fused-ring (bicyclic) bond motifs is 1. The number of carbonyl (C=O) groups excluding carboxylic acids is 2. The zero-order valence-electron chi connectivity index (χ0n) is 27.8. The molecular weight excluding hydrogens is 669 g/mol. The largest absolute Gasteiger partial charge is 0.397 e. The maximum atomic E-state index is 12.8.